The molecule has 0 spiro atoms. The first kappa shape index (κ1) is 21.5. The highest BCUT2D eigenvalue weighted by molar-refractivity contribution is 5.97. The lowest BCUT2D eigenvalue weighted by molar-refractivity contribution is -0.126. The van der Waals surface area contributed by atoms with E-state index < -0.39 is 42.0 Å². The van der Waals surface area contributed by atoms with Crippen LogP contribution in [0.5, 0.6) is 0 Å². The summed E-state index contributed by atoms with van der Waals surface area (Å²) in [7, 11) is 0. The van der Waals surface area contributed by atoms with E-state index in [0.29, 0.717) is 6.42 Å². The summed E-state index contributed by atoms with van der Waals surface area (Å²) in [5, 5.41) is 25.3. The summed E-state index contributed by atoms with van der Waals surface area (Å²) in [6.45, 7) is 3.78. The molecule has 28 heavy (non-hydrogen) atoms. The third-order valence-corrected chi connectivity index (χ3v) is 4.31. The van der Waals surface area contributed by atoms with Gasteiger partial charge in [0.05, 0.1) is 18.3 Å². The summed E-state index contributed by atoms with van der Waals surface area (Å²) in [6, 6.07) is -1.87. The van der Waals surface area contributed by atoms with E-state index in [2.05, 4.69) is 20.6 Å². The van der Waals surface area contributed by atoms with E-state index in [1.54, 1.807) is 0 Å². The number of hydrogen-bond acceptors (Lipinski definition) is 7. The van der Waals surface area contributed by atoms with Crippen molar-refractivity contribution in [1.29, 1.82) is 0 Å². The fourth-order valence-electron chi connectivity index (χ4n) is 2.87. The van der Waals surface area contributed by atoms with Gasteiger partial charge in [0.15, 0.2) is 0 Å². The van der Waals surface area contributed by atoms with Gasteiger partial charge in [0.25, 0.3) is 5.91 Å². The van der Waals surface area contributed by atoms with Gasteiger partial charge in [0.1, 0.15) is 17.8 Å². The second-order valence-electron chi connectivity index (χ2n) is 7.10. The molecule has 2 rings (SSSR count). The number of aliphatic hydroxyl groups is 2. The molecule has 10 heteroatoms. The number of hydrogen-bond donors (Lipinski definition) is 5. The Labute approximate surface area is 162 Å². The van der Waals surface area contributed by atoms with Crippen LogP contribution in [0.25, 0.3) is 0 Å². The zero-order valence-electron chi connectivity index (χ0n) is 15.7. The normalized spacial score (nSPS) is 22.9. The van der Waals surface area contributed by atoms with Gasteiger partial charge in [-0.25, -0.2) is 4.98 Å². The van der Waals surface area contributed by atoms with Crippen molar-refractivity contribution in [3.05, 3.63) is 35.9 Å². The second-order valence-corrected chi connectivity index (χ2v) is 7.10. The molecule has 0 fully saturated rings. The van der Waals surface area contributed by atoms with Crippen LogP contribution < -0.4 is 16.4 Å². The standard InChI is InChI=1S/C18H25N5O5/c1-9(2)5-12(16(19)26)23-17(27)10-6-11(15(25)14(24)7-10)22-18(28)13-8-20-3-4-21-13/h3-4,6,8-9,11-12,14-15,24-25H,5,7H2,1-2H3,(H2,19,26)(H,22,28)(H,23,27)/t11-,12-,14-,15-/m1/s1. The number of nitrogens with one attached hydrogen (secondary N) is 2. The molecule has 1 aromatic rings. The maximum Gasteiger partial charge on any atom is 0.272 e. The Balaban J connectivity index is 2.14. The van der Waals surface area contributed by atoms with E-state index in [9.17, 15) is 24.6 Å². The van der Waals surface area contributed by atoms with Crippen molar-refractivity contribution in [3.63, 3.8) is 0 Å². The summed E-state index contributed by atoms with van der Waals surface area (Å²) in [4.78, 5) is 44.0. The van der Waals surface area contributed by atoms with Crippen LogP contribution in [0.4, 0.5) is 0 Å². The van der Waals surface area contributed by atoms with Gasteiger partial charge in [-0.3, -0.25) is 19.4 Å². The SMILES string of the molecule is CC(C)C[C@@H](NC(=O)C1=C[C@@H](NC(=O)c2cnccn2)[C@@H](O)[C@H](O)C1)C(N)=O. The highest BCUT2D eigenvalue weighted by Crippen LogP contribution is 2.20. The van der Waals surface area contributed by atoms with Crippen molar-refractivity contribution in [2.45, 2.75) is 51.0 Å². The molecule has 1 heterocycles. The Bertz CT molecular complexity index is 752. The van der Waals surface area contributed by atoms with Crippen LogP contribution in [-0.2, 0) is 9.59 Å². The first-order chi connectivity index (χ1) is 13.2. The number of amides is 3. The van der Waals surface area contributed by atoms with Gasteiger partial charge in [0.2, 0.25) is 11.8 Å². The molecular weight excluding hydrogens is 366 g/mol. The smallest absolute Gasteiger partial charge is 0.272 e. The summed E-state index contributed by atoms with van der Waals surface area (Å²) in [6.07, 6.45) is 3.02. The average molecular weight is 391 g/mol. The molecule has 0 unspecified atom stereocenters. The summed E-state index contributed by atoms with van der Waals surface area (Å²) < 4.78 is 0. The third kappa shape index (κ3) is 5.57. The van der Waals surface area contributed by atoms with Crippen molar-refractivity contribution in [2.24, 2.45) is 11.7 Å². The lowest BCUT2D eigenvalue weighted by atomic mass is 9.89. The Hall–Kier alpha value is -2.85. The summed E-state index contributed by atoms with van der Waals surface area (Å²) in [5.41, 5.74) is 5.50. The van der Waals surface area contributed by atoms with E-state index in [4.69, 9.17) is 5.73 Å². The molecule has 0 aliphatic heterocycles. The monoisotopic (exact) mass is 391 g/mol. The highest BCUT2D eigenvalue weighted by atomic mass is 16.3. The molecule has 0 bridgehead atoms. The minimum Gasteiger partial charge on any atom is -0.390 e. The molecular formula is C18H25N5O5. The van der Waals surface area contributed by atoms with E-state index in [1.807, 2.05) is 13.8 Å². The van der Waals surface area contributed by atoms with Crippen molar-refractivity contribution < 1.29 is 24.6 Å². The quantitative estimate of drug-likeness (QED) is 0.382. The molecule has 1 aliphatic carbocycles. The third-order valence-electron chi connectivity index (χ3n) is 4.31. The Morgan fingerprint density at radius 1 is 1.25 bits per heavy atom. The number of aromatic nitrogens is 2. The number of primary amides is 1. The molecule has 6 N–H and O–H groups in total. The Morgan fingerprint density at radius 2 is 1.96 bits per heavy atom. The molecule has 0 radical (unpaired) electrons. The number of nitrogens with two attached hydrogens (primary N) is 1. The largest absolute Gasteiger partial charge is 0.390 e. The van der Waals surface area contributed by atoms with Gasteiger partial charge in [-0.2, -0.15) is 0 Å². The molecule has 1 aliphatic rings. The van der Waals surface area contributed by atoms with Gasteiger partial charge in [-0.15, -0.1) is 0 Å². The Kier molecular flexibility index (Phi) is 7.18. The topological polar surface area (TPSA) is 168 Å². The number of nitrogens with zero attached hydrogens (tertiary/aromatic N) is 2. The first-order valence-electron chi connectivity index (χ1n) is 8.93. The first-order valence-corrected chi connectivity index (χ1v) is 8.93. The van der Waals surface area contributed by atoms with E-state index in [1.165, 1.54) is 24.7 Å². The van der Waals surface area contributed by atoms with Crippen LogP contribution in [0, 0.1) is 5.92 Å². The zero-order valence-corrected chi connectivity index (χ0v) is 15.7. The van der Waals surface area contributed by atoms with Crippen LogP contribution in [-0.4, -0.2) is 62.2 Å². The fraction of sp³-hybridized carbons (Fsp3) is 0.500. The van der Waals surface area contributed by atoms with Crippen LogP contribution in [0.1, 0.15) is 37.2 Å². The van der Waals surface area contributed by atoms with Gasteiger partial charge < -0.3 is 26.6 Å². The van der Waals surface area contributed by atoms with Crippen molar-refractivity contribution in [1.82, 2.24) is 20.6 Å². The summed E-state index contributed by atoms with van der Waals surface area (Å²) in [5.74, 6) is -1.73. The average Bonchev–Trinajstić information content (AvgIpc) is 2.64. The molecule has 1 aromatic heterocycles. The molecule has 0 aromatic carbocycles. The van der Waals surface area contributed by atoms with Gasteiger partial charge in [-0.1, -0.05) is 19.9 Å². The van der Waals surface area contributed by atoms with Gasteiger partial charge in [-0.05, 0) is 12.3 Å². The molecule has 0 saturated heterocycles. The van der Waals surface area contributed by atoms with E-state index >= 15 is 0 Å². The number of carbonyl (C=O) groups excluding carboxylic acids is 3. The van der Waals surface area contributed by atoms with Crippen LogP contribution >= 0.6 is 0 Å². The lowest BCUT2D eigenvalue weighted by Gasteiger charge is -2.31. The fourth-order valence-corrected chi connectivity index (χ4v) is 2.87. The minimum absolute atomic E-state index is 0.0277. The maximum absolute atomic E-state index is 12.5. The minimum atomic E-state index is -1.31. The maximum atomic E-state index is 12.5. The van der Waals surface area contributed by atoms with Gasteiger partial charge >= 0.3 is 0 Å². The highest BCUT2D eigenvalue weighted by Gasteiger charge is 2.34. The number of rotatable bonds is 7. The summed E-state index contributed by atoms with van der Waals surface area (Å²) >= 11 is 0. The molecule has 10 nitrogen and oxygen atoms in total. The van der Waals surface area contributed by atoms with E-state index in [0.717, 1.165) is 0 Å². The lowest BCUT2D eigenvalue weighted by Crippen LogP contribution is -2.52. The molecule has 152 valence electrons. The molecule has 0 saturated carbocycles. The molecule has 3 amide bonds. The van der Waals surface area contributed by atoms with Crippen LogP contribution in [0.3, 0.4) is 0 Å². The number of aliphatic hydroxyl groups excluding tert-OH is 2. The van der Waals surface area contributed by atoms with Crippen LogP contribution in [0.2, 0.25) is 0 Å². The van der Waals surface area contributed by atoms with Crippen molar-refractivity contribution in [3.8, 4) is 0 Å². The Morgan fingerprint density at radius 3 is 2.54 bits per heavy atom. The predicted molar refractivity (Wildman–Crippen MR) is 98.6 cm³/mol. The molecule has 4 atom stereocenters. The van der Waals surface area contributed by atoms with E-state index in [-0.39, 0.29) is 23.6 Å². The predicted octanol–water partition coefficient (Wildman–Crippen LogP) is -1.36. The van der Waals surface area contributed by atoms with Gasteiger partial charge in [0, 0.05) is 24.4 Å². The van der Waals surface area contributed by atoms with Crippen molar-refractivity contribution >= 4 is 17.7 Å². The zero-order chi connectivity index (χ0) is 20.8. The second kappa shape index (κ2) is 9.38. The van der Waals surface area contributed by atoms with Crippen LogP contribution in [0.15, 0.2) is 30.2 Å². The van der Waals surface area contributed by atoms with Crippen molar-refractivity contribution in [2.75, 3.05) is 0 Å². The number of carbonyl (C=O) groups is 3.